The zero-order valence-corrected chi connectivity index (χ0v) is 27.1. The van der Waals surface area contributed by atoms with E-state index in [1.54, 1.807) is 34.6 Å². The number of hydrazine groups is 1. The molecule has 3 N–H and O–H groups in total. The number of ether oxygens (including phenoxy) is 2. The molecule has 0 spiro atoms. The average Bonchev–Trinajstić information content (AvgIpc) is 2.85. The summed E-state index contributed by atoms with van der Waals surface area (Å²) >= 11 is 0. The van der Waals surface area contributed by atoms with Crippen molar-refractivity contribution in [1.82, 2.24) is 16.2 Å². The van der Waals surface area contributed by atoms with E-state index in [-0.39, 0.29) is 13.0 Å². The van der Waals surface area contributed by atoms with Crippen molar-refractivity contribution in [3.63, 3.8) is 0 Å². The van der Waals surface area contributed by atoms with Crippen LogP contribution in [-0.4, -0.2) is 50.0 Å². The van der Waals surface area contributed by atoms with Gasteiger partial charge in [0.15, 0.2) is 9.84 Å². The number of carbonyl (C=O) groups excluding carboxylic acids is 3. The number of hydrogen-bond acceptors (Lipinski definition) is 7. The molecule has 0 aliphatic heterocycles. The van der Waals surface area contributed by atoms with Crippen molar-refractivity contribution >= 4 is 27.7 Å². The summed E-state index contributed by atoms with van der Waals surface area (Å²) in [6.45, 7) is 13.0. The molecule has 246 valence electrons. The van der Waals surface area contributed by atoms with Crippen LogP contribution in [0.2, 0.25) is 0 Å². The van der Waals surface area contributed by atoms with Gasteiger partial charge in [-0.2, -0.15) is 13.2 Å². The van der Waals surface area contributed by atoms with Gasteiger partial charge in [-0.15, -0.1) is 0 Å². The predicted octanol–water partition coefficient (Wildman–Crippen LogP) is 5.90. The molecule has 0 saturated heterocycles. The topological polar surface area (TPSA) is 140 Å². The smallest absolute Gasteiger partial charge is 0.417 e. The van der Waals surface area contributed by atoms with Gasteiger partial charge < -0.3 is 9.47 Å². The van der Waals surface area contributed by atoms with Gasteiger partial charge in [-0.3, -0.25) is 25.8 Å². The van der Waals surface area contributed by atoms with Gasteiger partial charge in [0, 0.05) is 5.56 Å². The second-order valence-electron chi connectivity index (χ2n) is 12.5. The Labute approximate surface area is 252 Å². The predicted molar refractivity (Wildman–Crippen MR) is 156 cm³/mol. The van der Waals surface area contributed by atoms with Crippen LogP contribution in [0.25, 0.3) is 0 Å². The monoisotopic (exact) mass is 637 g/mol. The fraction of sp³-hybridized carbons (Fsp3) is 0.690. The number of alkyl halides is 3. The number of benzene rings is 1. The molecule has 1 rings (SSSR count). The fourth-order valence-corrected chi connectivity index (χ4v) is 5.30. The number of sulfone groups is 1. The Kier molecular flexibility index (Phi) is 13.5. The van der Waals surface area contributed by atoms with E-state index in [9.17, 15) is 36.0 Å². The number of amides is 3. The summed E-state index contributed by atoms with van der Waals surface area (Å²) in [6.07, 6.45) is -1.22. The van der Waals surface area contributed by atoms with Gasteiger partial charge in [-0.05, 0) is 73.1 Å². The second kappa shape index (κ2) is 15.2. The summed E-state index contributed by atoms with van der Waals surface area (Å²) in [6, 6.07) is 2.18. The summed E-state index contributed by atoms with van der Waals surface area (Å²) in [5.41, 5.74) is -0.966. The molecule has 10 nitrogen and oxygen atoms in total. The number of unbranched alkanes of at least 4 members (excludes halogenated alkanes) is 5. The van der Waals surface area contributed by atoms with E-state index in [2.05, 4.69) is 16.2 Å². The molecule has 0 fully saturated rings. The molecule has 1 aromatic rings. The Morgan fingerprint density at radius 2 is 1.44 bits per heavy atom. The van der Waals surface area contributed by atoms with Gasteiger partial charge in [-0.1, -0.05) is 39.0 Å². The number of carbonyl (C=O) groups is 3. The highest BCUT2D eigenvalue weighted by molar-refractivity contribution is 7.91. The molecule has 0 atom stereocenters. The minimum Gasteiger partial charge on any atom is -0.444 e. The van der Waals surface area contributed by atoms with Gasteiger partial charge in [-0.25, -0.2) is 13.2 Å². The molecular weight excluding hydrogens is 591 g/mol. The minimum atomic E-state index is -5.04. The Balaban J connectivity index is 2.89. The van der Waals surface area contributed by atoms with E-state index < -0.39 is 72.4 Å². The third-order valence-electron chi connectivity index (χ3n) is 6.15. The Bertz CT molecular complexity index is 1220. The lowest BCUT2D eigenvalue weighted by Crippen LogP contribution is -2.52. The minimum absolute atomic E-state index is 0.221. The summed E-state index contributed by atoms with van der Waals surface area (Å²) in [4.78, 5) is 36.5. The zero-order valence-electron chi connectivity index (χ0n) is 26.3. The van der Waals surface area contributed by atoms with E-state index in [0.717, 1.165) is 37.8 Å². The third-order valence-corrected chi connectivity index (χ3v) is 8.00. The first-order valence-electron chi connectivity index (χ1n) is 14.2. The van der Waals surface area contributed by atoms with Crippen molar-refractivity contribution in [2.75, 3.05) is 12.4 Å². The molecule has 1 aromatic carbocycles. The highest BCUT2D eigenvalue weighted by Gasteiger charge is 2.38. The van der Waals surface area contributed by atoms with Crippen LogP contribution in [0.3, 0.4) is 0 Å². The van der Waals surface area contributed by atoms with Gasteiger partial charge in [0.25, 0.3) is 5.91 Å². The number of rotatable bonds is 14. The van der Waals surface area contributed by atoms with E-state index in [1.165, 1.54) is 13.8 Å². The van der Waals surface area contributed by atoms with Crippen molar-refractivity contribution in [3.05, 3.63) is 29.3 Å². The Hall–Kier alpha value is -2.87. The Morgan fingerprint density at radius 3 is 2.00 bits per heavy atom. The number of alkyl carbamates (subject to hydrolysis) is 1. The second-order valence-corrected chi connectivity index (χ2v) is 14.6. The molecule has 0 unspecified atom stereocenters. The average molecular weight is 638 g/mol. The van der Waals surface area contributed by atoms with E-state index in [1.807, 2.05) is 6.92 Å². The van der Waals surface area contributed by atoms with E-state index in [0.29, 0.717) is 12.5 Å². The summed E-state index contributed by atoms with van der Waals surface area (Å²) < 4.78 is 77.9. The standard InChI is InChI=1S/C29H46F3N3O7S/c1-9-10-11-12-13-14-17-43(39,40)22-16-15-20(18-21(22)29(30,31)32)23(36)34-35-24(37)27(5,6)19-41-28(7,8)33-25(38)42-26(2,3)4/h15-16,18H,9-14,17,19H2,1-8H3,(H,33,38)(H,34,36)(H,35,37). The largest absolute Gasteiger partial charge is 0.444 e. The Morgan fingerprint density at radius 1 is 0.860 bits per heavy atom. The fourth-order valence-electron chi connectivity index (χ4n) is 3.71. The number of hydrogen-bond donors (Lipinski definition) is 3. The third kappa shape index (κ3) is 13.5. The van der Waals surface area contributed by atoms with Crippen LogP contribution >= 0.6 is 0 Å². The lowest BCUT2D eigenvalue weighted by atomic mass is 9.94. The summed E-state index contributed by atoms with van der Waals surface area (Å²) in [5, 5.41) is 2.53. The van der Waals surface area contributed by atoms with Crippen LogP contribution in [0.5, 0.6) is 0 Å². The highest BCUT2D eigenvalue weighted by Crippen LogP contribution is 2.35. The van der Waals surface area contributed by atoms with Crippen molar-refractivity contribution in [2.45, 2.75) is 116 Å². The van der Waals surface area contributed by atoms with Crippen LogP contribution in [-0.2, 0) is 30.3 Å². The van der Waals surface area contributed by atoms with Crippen molar-refractivity contribution < 1.29 is 45.4 Å². The van der Waals surface area contributed by atoms with Gasteiger partial charge >= 0.3 is 12.3 Å². The van der Waals surface area contributed by atoms with Crippen LogP contribution < -0.4 is 16.2 Å². The van der Waals surface area contributed by atoms with E-state index >= 15 is 0 Å². The summed E-state index contributed by atoms with van der Waals surface area (Å²) in [7, 11) is -4.26. The highest BCUT2D eigenvalue weighted by atomic mass is 32.2. The normalized spacial score (nSPS) is 12.9. The van der Waals surface area contributed by atoms with Crippen LogP contribution in [0.4, 0.5) is 18.0 Å². The van der Waals surface area contributed by atoms with Gasteiger partial charge in [0.1, 0.15) is 11.3 Å². The molecule has 0 saturated carbocycles. The maximum absolute atomic E-state index is 13.8. The van der Waals surface area contributed by atoms with Crippen LogP contribution in [0.15, 0.2) is 23.1 Å². The molecular formula is C29H46F3N3O7S. The van der Waals surface area contributed by atoms with Crippen molar-refractivity contribution in [1.29, 1.82) is 0 Å². The van der Waals surface area contributed by atoms with Crippen molar-refractivity contribution in [2.24, 2.45) is 5.41 Å². The first kappa shape index (κ1) is 38.2. The van der Waals surface area contributed by atoms with Crippen molar-refractivity contribution in [3.8, 4) is 0 Å². The maximum Gasteiger partial charge on any atom is 0.417 e. The number of halogens is 3. The molecule has 0 aliphatic carbocycles. The quantitative estimate of drug-likeness (QED) is 0.131. The lowest BCUT2D eigenvalue weighted by Gasteiger charge is -2.32. The molecule has 0 bridgehead atoms. The van der Waals surface area contributed by atoms with E-state index in [4.69, 9.17) is 9.47 Å². The maximum atomic E-state index is 13.8. The molecule has 0 aliphatic rings. The van der Waals surface area contributed by atoms with Gasteiger partial charge in [0.05, 0.1) is 28.2 Å². The molecule has 43 heavy (non-hydrogen) atoms. The summed E-state index contributed by atoms with van der Waals surface area (Å²) in [5.74, 6) is -2.25. The first-order valence-corrected chi connectivity index (χ1v) is 15.9. The molecule has 0 aromatic heterocycles. The molecule has 0 heterocycles. The zero-order chi connectivity index (χ0) is 33.3. The van der Waals surface area contributed by atoms with Gasteiger partial charge in [0.2, 0.25) is 5.91 Å². The van der Waals surface area contributed by atoms with Crippen LogP contribution in [0, 0.1) is 5.41 Å². The first-order chi connectivity index (χ1) is 19.5. The van der Waals surface area contributed by atoms with Crippen LogP contribution in [0.1, 0.15) is 110 Å². The SMILES string of the molecule is CCCCCCCCS(=O)(=O)c1ccc(C(=O)NNC(=O)C(C)(C)COC(C)(C)NC(=O)OC(C)(C)C)cc1C(F)(F)F. The molecule has 3 amide bonds. The lowest BCUT2D eigenvalue weighted by molar-refractivity contribution is -0.140. The number of nitrogens with one attached hydrogen (secondary N) is 3. The molecule has 0 radical (unpaired) electrons. The molecule has 14 heteroatoms.